The van der Waals surface area contributed by atoms with E-state index in [0.29, 0.717) is 0 Å². The Kier molecular flexibility index (Phi) is 6.78. The minimum atomic E-state index is -5.56. The van der Waals surface area contributed by atoms with Crippen molar-refractivity contribution >= 4 is 20.0 Å². The molecule has 0 N–H and O–H groups in total. The first-order chi connectivity index (χ1) is 7.12. The molecule has 0 atom stereocenters. The van der Waals surface area contributed by atoms with Gasteiger partial charge in [-0.3, -0.25) is 0 Å². The van der Waals surface area contributed by atoms with Gasteiger partial charge in [0.1, 0.15) is 11.5 Å². The van der Waals surface area contributed by atoms with Gasteiger partial charge >= 0.3 is 31.2 Å². The van der Waals surface area contributed by atoms with Crippen LogP contribution in [0, 0.1) is 0 Å². The summed E-state index contributed by atoms with van der Waals surface area (Å²) in [6, 6.07) is 0. The van der Waals surface area contributed by atoms with Crippen LogP contribution in [0.1, 0.15) is 0 Å². The Morgan fingerprint density at radius 3 is 1.11 bits per heavy atom. The number of hydrogen-bond acceptors (Lipinski definition) is 4. The largest absolute Gasteiger partial charge is 1.00 e. The normalized spacial score (nSPS) is 14.1. The van der Waals surface area contributed by atoms with Gasteiger partial charge in [-0.25, -0.2) is 16.8 Å². The predicted octanol–water partition coefficient (Wildman–Crippen LogP) is -1.85. The Bertz CT molecular complexity index is 421. The van der Waals surface area contributed by atoms with E-state index >= 15 is 0 Å². The van der Waals surface area contributed by atoms with E-state index in [9.17, 15) is 43.2 Å². The maximum absolute atomic E-state index is 11.6. The molecule has 0 bridgehead atoms. The van der Waals surface area contributed by atoms with Crippen molar-refractivity contribution < 1.29 is 62.0 Å². The SMILES string of the molecule is O=S(=O)(CC(F)(F)F)[N-]S(=O)(=O)CC(F)(F)F.[Li+]. The summed E-state index contributed by atoms with van der Waals surface area (Å²) in [5.74, 6) is -5.28. The fraction of sp³-hybridized carbons (Fsp3) is 1.00. The molecule has 0 spiro atoms. The molecule has 0 unspecified atom stereocenters. The Labute approximate surface area is 110 Å². The van der Waals surface area contributed by atoms with Crippen LogP contribution in [0.4, 0.5) is 26.3 Å². The molecule has 0 heterocycles. The summed E-state index contributed by atoms with van der Waals surface area (Å²) in [6.07, 6.45) is -10.6. The molecular formula is C4H4F6LiNO4S2. The van der Waals surface area contributed by atoms with Crippen molar-refractivity contribution in [3.63, 3.8) is 0 Å². The van der Waals surface area contributed by atoms with Gasteiger partial charge in [-0.15, -0.1) is 0 Å². The summed E-state index contributed by atoms with van der Waals surface area (Å²) in [4.78, 5) is 0. The molecule has 0 aromatic carbocycles. The van der Waals surface area contributed by atoms with E-state index in [0.717, 1.165) is 0 Å². The van der Waals surface area contributed by atoms with Gasteiger partial charge in [0, 0.05) is 0 Å². The molecule has 0 fully saturated rings. The maximum atomic E-state index is 11.6. The first-order valence-corrected chi connectivity index (χ1v) is 6.67. The van der Waals surface area contributed by atoms with E-state index < -0.39 is 43.9 Å². The summed E-state index contributed by atoms with van der Waals surface area (Å²) in [5, 5.41) is 0. The van der Waals surface area contributed by atoms with Crippen LogP contribution < -0.4 is 18.9 Å². The average Bonchev–Trinajstić information content (AvgIpc) is 1.65. The minimum Gasteiger partial charge on any atom is -0.436 e. The third-order valence-electron chi connectivity index (χ3n) is 0.919. The van der Waals surface area contributed by atoms with Crippen molar-refractivity contribution in [2.45, 2.75) is 12.4 Å². The molecule has 5 nitrogen and oxygen atoms in total. The molecule has 0 aliphatic carbocycles. The third kappa shape index (κ3) is 11.1. The Hall–Kier alpha value is 0.0374. The molecule has 0 radical (unpaired) electrons. The summed E-state index contributed by atoms with van der Waals surface area (Å²) in [7, 11) is -11.1. The van der Waals surface area contributed by atoms with Gasteiger partial charge in [0.25, 0.3) is 0 Å². The zero-order valence-electron chi connectivity index (χ0n) is 8.58. The molecule has 18 heavy (non-hydrogen) atoms. The summed E-state index contributed by atoms with van der Waals surface area (Å²) in [5.41, 5.74) is 0. The van der Waals surface area contributed by atoms with Crippen molar-refractivity contribution in [3.05, 3.63) is 4.13 Å². The van der Waals surface area contributed by atoms with E-state index in [1.54, 1.807) is 4.13 Å². The minimum absolute atomic E-state index is 0. The summed E-state index contributed by atoms with van der Waals surface area (Å²) < 4.78 is 113. The number of nitrogens with zero attached hydrogens (tertiary/aromatic N) is 1. The standard InChI is InChI=1S/C4H4F6NO4S2.Li/c5-3(6,7)1-16(12,13)11-17(14,15)2-4(8,9)10;/h1-2H2;/q-1;+1. The molecular weight excluding hydrogens is 311 g/mol. The zero-order chi connectivity index (χ0) is 14.1. The summed E-state index contributed by atoms with van der Waals surface area (Å²) >= 11 is 0. The Balaban J connectivity index is 0. The molecule has 0 amide bonds. The molecule has 0 aromatic heterocycles. The topological polar surface area (TPSA) is 82.4 Å². The Morgan fingerprint density at radius 2 is 0.944 bits per heavy atom. The molecule has 0 aliphatic rings. The maximum Gasteiger partial charge on any atom is 1.00 e. The van der Waals surface area contributed by atoms with Gasteiger partial charge in [0.2, 0.25) is 0 Å². The van der Waals surface area contributed by atoms with Crippen LogP contribution in [0.5, 0.6) is 0 Å². The van der Waals surface area contributed by atoms with E-state index in [-0.39, 0.29) is 18.9 Å². The monoisotopic (exact) mass is 315 g/mol. The first-order valence-electron chi connectivity index (χ1n) is 3.45. The van der Waals surface area contributed by atoms with E-state index in [1.165, 1.54) is 0 Å². The molecule has 0 rings (SSSR count). The fourth-order valence-corrected chi connectivity index (χ4v) is 3.27. The number of rotatable bonds is 4. The van der Waals surface area contributed by atoms with Gasteiger partial charge < -0.3 is 4.13 Å². The molecule has 0 aromatic rings. The average molecular weight is 315 g/mol. The van der Waals surface area contributed by atoms with Crippen LogP contribution in [-0.4, -0.2) is 40.7 Å². The fourth-order valence-electron chi connectivity index (χ4n) is 0.639. The van der Waals surface area contributed by atoms with Crippen LogP contribution in [-0.2, 0) is 20.0 Å². The van der Waals surface area contributed by atoms with Crippen molar-refractivity contribution in [1.29, 1.82) is 0 Å². The number of hydrogen-bond donors (Lipinski definition) is 0. The third-order valence-corrected chi connectivity index (χ3v) is 4.12. The van der Waals surface area contributed by atoms with Crippen molar-refractivity contribution in [3.8, 4) is 0 Å². The number of sulfonamides is 2. The zero-order valence-corrected chi connectivity index (χ0v) is 10.2. The summed E-state index contributed by atoms with van der Waals surface area (Å²) in [6.45, 7) is 0. The second-order valence-electron chi connectivity index (χ2n) is 2.76. The molecule has 14 heteroatoms. The van der Waals surface area contributed by atoms with Crippen LogP contribution >= 0.6 is 0 Å². The smallest absolute Gasteiger partial charge is 0.436 e. The molecule has 0 aliphatic heterocycles. The van der Waals surface area contributed by atoms with Gasteiger partial charge in [-0.1, -0.05) is 0 Å². The second-order valence-corrected chi connectivity index (χ2v) is 6.26. The second kappa shape index (κ2) is 5.99. The van der Waals surface area contributed by atoms with Crippen molar-refractivity contribution in [2.75, 3.05) is 11.5 Å². The first kappa shape index (κ1) is 20.4. The molecule has 104 valence electrons. The Morgan fingerprint density at radius 1 is 0.722 bits per heavy atom. The number of alkyl halides is 6. The van der Waals surface area contributed by atoms with Crippen LogP contribution in [0.3, 0.4) is 0 Å². The molecule has 0 saturated heterocycles. The van der Waals surface area contributed by atoms with E-state index in [1.807, 2.05) is 0 Å². The van der Waals surface area contributed by atoms with E-state index in [4.69, 9.17) is 0 Å². The van der Waals surface area contributed by atoms with Gasteiger partial charge in [0.05, 0.1) is 20.0 Å². The molecule has 0 saturated carbocycles. The van der Waals surface area contributed by atoms with Crippen LogP contribution in [0.15, 0.2) is 0 Å². The predicted molar refractivity (Wildman–Crippen MR) is 43.0 cm³/mol. The van der Waals surface area contributed by atoms with Crippen molar-refractivity contribution in [2.24, 2.45) is 0 Å². The van der Waals surface area contributed by atoms with Crippen LogP contribution in [0.25, 0.3) is 4.13 Å². The quantitative estimate of drug-likeness (QED) is 0.450. The van der Waals surface area contributed by atoms with Gasteiger partial charge in [0.15, 0.2) is 0 Å². The van der Waals surface area contributed by atoms with Gasteiger partial charge in [-0.2, -0.15) is 26.3 Å². The van der Waals surface area contributed by atoms with Gasteiger partial charge in [-0.05, 0) is 0 Å². The van der Waals surface area contributed by atoms with E-state index in [2.05, 4.69) is 0 Å². The number of halogens is 6. The van der Waals surface area contributed by atoms with Crippen LogP contribution in [0.2, 0.25) is 0 Å². The van der Waals surface area contributed by atoms with Crippen molar-refractivity contribution in [1.82, 2.24) is 0 Å².